The Balaban J connectivity index is 0.000000296. The van der Waals surface area contributed by atoms with Crippen LogP contribution < -0.4 is 10.6 Å². The third-order valence-corrected chi connectivity index (χ3v) is 4.26. The highest BCUT2D eigenvalue weighted by Gasteiger charge is 2.10. The van der Waals surface area contributed by atoms with Crippen molar-refractivity contribution in [2.75, 3.05) is 6.54 Å². The second-order valence-electron chi connectivity index (χ2n) is 7.45. The van der Waals surface area contributed by atoms with Crippen LogP contribution in [0.5, 0.6) is 0 Å². The van der Waals surface area contributed by atoms with Crippen LogP contribution in [0.2, 0.25) is 0 Å². The van der Waals surface area contributed by atoms with Crippen LogP contribution >= 0.6 is 0 Å². The first kappa shape index (κ1) is 24.7. The van der Waals surface area contributed by atoms with Crippen LogP contribution in [-0.2, 0) is 11.3 Å². The quantitative estimate of drug-likeness (QED) is 0.651. The molecule has 2 rings (SSSR count). The van der Waals surface area contributed by atoms with Crippen LogP contribution in [0.15, 0.2) is 53.8 Å². The molecule has 1 aliphatic rings. The number of pyridine rings is 1. The molecule has 29 heavy (non-hydrogen) atoms. The highest BCUT2D eigenvalue weighted by atomic mass is 19.1. The van der Waals surface area contributed by atoms with E-state index in [4.69, 9.17) is 0 Å². The van der Waals surface area contributed by atoms with E-state index in [1.54, 1.807) is 0 Å². The Morgan fingerprint density at radius 1 is 1.21 bits per heavy atom. The van der Waals surface area contributed by atoms with E-state index < -0.39 is 11.7 Å². The van der Waals surface area contributed by atoms with Gasteiger partial charge in [-0.25, -0.2) is 8.78 Å². The van der Waals surface area contributed by atoms with Crippen molar-refractivity contribution in [3.63, 3.8) is 0 Å². The van der Waals surface area contributed by atoms with E-state index in [1.165, 1.54) is 24.6 Å². The second-order valence-corrected chi connectivity index (χ2v) is 7.45. The summed E-state index contributed by atoms with van der Waals surface area (Å²) in [6.07, 6.45) is 6.29. The molecule has 1 amide bonds. The minimum Gasteiger partial charge on any atom is -0.354 e. The van der Waals surface area contributed by atoms with E-state index in [0.717, 1.165) is 30.4 Å². The maximum absolute atomic E-state index is 13.1. The fraction of sp³-hybridized carbons (Fsp3) is 0.478. The maximum Gasteiger partial charge on any atom is 0.217 e. The third kappa shape index (κ3) is 10.7. The summed E-state index contributed by atoms with van der Waals surface area (Å²) in [6.45, 7) is 11.6. The van der Waals surface area contributed by atoms with Gasteiger partial charge in [0.05, 0.1) is 5.69 Å². The van der Waals surface area contributed by atoms with Crippen LogP contribution in [0.3, 0.4) is 0 Å². The smallest absolute Gasteiger partial charge is 0.217 e. The van der Waals surface area contributed by atoms with Crippen molar-refractivity contribution >= 4 is 5.91 Å². The summed E-state index contributed by atoms with van der Waals surface area (Å²) >= 11 is 0. The summed E-state index contributed by atoms with van der Waals surface area (Å²) in [5.74, 6) is -0.685. The molecule has 0 radical (unpaired) electrons. The van der Waals surface area contributed by atoms with E-state index in [9.17, 15) is 13.6 Å². The fourth-order valence-corrected chi connectivity index (χ4v) is 2.85. The average Bonchev–Trinajstić information content (AvgIpc) is 2.79. The molecule has 0 spiro atoms. The Bertz CT molecular complexity index is 754. The van der Waals surface area contributed by atoms with Crippen molar-refractivity contribution in [3.05, 3.63) is 65.0 Å². The molecule has 6 heteroatoms. The summed E-state index contributed by atoms with van der Waals surface area (Å²) in [5.41, 5.74) is 3.26. The highest BCUT2D eigenvalue weighted by molar-refractivity contribution is 5.73. The number of carbonyl (C=O) groups excluding carboxylic acids is 1. The van der Waals surface area contributed by atoms with Gasteiger partial charge in [0.1, 0.15) is 11.7 Å². The summed E-state index contributed by atoms with van der Waals surface area (Å²) in [5, 5.41) is 5.97. The number of halogens is 2. The van der Waals surface area contributed by atoms with E-state index in [-0.39, 0.29) is 11.9 Å². The first-order valence-corrected chi connectivity index (χ1v) is 10.1. The van der Waals surface area contributed by atoms with Crippen LogP contribution in [-0.4, -0.2) is 23.5 Å². The van der Waals surface area contributed by atoms with Gasteiger partial charge in [0, 0.05) is 31.8 Å². The van der Waals surface area contributed by atoms with Gasteiger partial charge in [0.2, 0.25) is 5.91 Å². The molecule has 2 N–H and O–H groups in total. The lowest BCUT2D eigenvalue weighted by molar-refractivity contribution is -0.119. The first-order valence-electron chi connectivity index (χ1n) is 10.1. The molecule has 1 aliphatic carbocycles. The number of carbonyl (C=O) groups is 1. The van der Waals surface area contributed by atoms with E-state index in [2.05, 4.69) is 48.5 Å². The maximum atomic E-state index is 13.1. The Labute approximate surface area is 173 Å². The van der Waals surface area contributed by atoms with E-state index in [0.29, 0.717) is 18.8 Å². The average molecular weight is 406 g/mol. The summed E-state index contributed by atoms with van der Waals surface area (Å²) in [6, 6.07) is 4.18. The van der Waals surface area contributed by atoms with Crippen molar-refractivity contribution in [1.29, 1.82) is 0 Å². The molecular formula is C23H33F2N3O. The minimum atomic E-state index is -0.587. The normalized spacial score (nSPS) is 14.7. The molecule has 0 aromatic carbocycles. The van der Waals surface area contributed by atoms with Gasteiger partial charge in [-0.15, -0.1) is 0 Å². The van der Waals surface area contributed by atoms with E-state index >= 15 is 0 Å². The van der Waals surface area contributed by atoms with Gasteiger partial charge in [-0.1, -0.05) is 26.3 Å². The molecule has 0 fully saturated rings. The molecule has 0 unspecified atom stereocenters. The van der Waals surface area contributed by atoms with E-state index in [1.807, 2.05) is 13.1 Å². The topological polar surface area (TPSA) is 54.0 Å². The van der Waals surface area contributed by atoms with Gasteiger partial charge in [-0.3, -0.25) is 9.78 Å². The number of allylic oxidation sites excluding steroid dienone is 5. The number of hydrogen-bond acceptors (Lipinski definition) is 3. The number of nitrogens with zero attached hydrogens (tertiary/aromatic N) is 1. The lowest BCUT2D eigenvalue weighted by Crippen LogP contribution is -2.30. The molecule has 160 valence electrons. The van der Waals surface area contributed by atoms with Gasteiger partial charge in [-0.2, -0.15) is 0 Å². The Hall–Kier alpha value is -2.34. The van der Waals surface area contributed by atoms with Gasteiger partial charge >= 0.3 is 0 Å². The molecule has 0 saturated carbocycles. The Kier molecular flexibility index (Phi) is 11.1. The zero-order chi connectivity index (χ0) is 21.8. The molecule has 1 aromatic heterocycles. The number of nitrogens with one attached hydrogen (secondary N) is 2. The van der Waals surface area contributed by atoms with Crippen LogP contribution in [0.4, 0.5) is 8.78 Å². The van der Waals surface area contributed by atoms with Crippen molar-refractivity contribution < 1.29 is 13.6 Å². The highest BCUT2D eigenvalue weighted by Crippen LogP contribution is 2.21. The van der Waals surface area contributed by atoms with Crippen molar-refractivity contribution in [3.8, 4) is 0 Å². The van der Waals surface area contributed by atoms with Crippen molar-refractivity contribution in [2.24, 2.45) is 0 Å². The van der Waals surface area contributed by atoms with Gasteiger partial charge < -0.3 is 10.6 Å². The molecule has 0 saturated heterocycles. The number of amides is 1. The SMILES string of the molecule is CC(=O)N[C@H](C)CC1=CC(F)=CC(F)=CC1.CCNCc1cc(C(C)C)ccn1. The summed E-state index contributed by atoms with van der Waals surface area (Å²) in [7, 11) is 0. The zero-order valence-electron chi connectivity index (χ0n) is 18.1. The minimum absolute atomic E-state index is 0.0777. The lowest BCUT2D eigenvalue weighted by Gasteiger charge is -2.13. The van der Waals surface area contributed by atoms with Crippen LogP contribution in [0.25, 0.3) is 0 Å². The number of aromatic nitrogens is 1. The predicted octanol–water partition coefficient (Wildman–Crippen LogP) is 5.25. The van der Waals surface area contributed by atoms with Gasteiger partial charge in [-0.05, 0) is 62.1 Å². The summed E-state index contributed by atoms with van der Waals surface area (Å²) in [4.78, 5) is 15.1. The Morgan fingerprint density at radius 2 is 1.93 bits per heavy atom. The fourth-order valence-electron chi connectivity index (χ4n) is 2.85. The zero-order valence-corrected chi connectivity index (χ0v) is 18.1. The molecular weight excluding hydrogens is 372 g/mol. The van der Waals surface area contributed by atoms with Crippen molar-refractivity contribution in [1.82, 2.24) is 15.6 Å². The molecule has 0 bridgehead atoms. The molecule has 1 heterocycles. The molecule has 0 aliphatic heterocycles. The van der Waals surface area contributed by atoms with Gasteiger partial charge in [0.15, 0.2) is 0 Å². The third-order valence-electron chi connectivity index (χ3n) is 4.26. The van der Waals surface area contributed by atoms with Crippen LogP contribution in [0.1, 0.15) is 64.6 Å². The Morgan fingerprint density at radius 3 is 2.55 bits per heavy atom. The monoisotopic (exact) mass is 405 g/mol. The number of hydrogen-bond donors (Lipinski definition) is 2. The van der Waals surface area contributed by atoms with Crippen LogP contribution in [0, 0.1) is 0 Å². The number of rotatable bonds is 7. The first-order chi connectivity index (χ1) is 13.7. The van der Waals surface area contributed by atoms with Crippen molar-refractivity contribution in [2.45, 2.75) is 66.0 Å². The standard InChI is InChI=1S/C12H15F2NO.C11H18N2/c1-8(15-9(2)16)5-10-3-4-11(13)7-12(14)6-10;1-4-12-8-11-7-10(9(2)3)5-6-13-11/h4,6-8H,3,5H2,1-2H3,(H,15,16);5-7,9,12H,4,8H2,1-3H3/t8-;/m1./s1. The molecule has 1 atom stereocenters. The summed E-state index contributed by atoms with van der Waals surface area (Å²) < 4.78 is 25.9. The second kappa shape index (κ2) is 13.0. The molecule has 4 nitrogen and oxygen atoms in total. The lowest BCUT2D eigenvalue weighted by atomic mass is 10.0. The van der Waals surface area contributed by atoms with Gasteiger partial charge in [0.25, 0.3) is 0 Å². The predicted molar refractivity (Wildman–Crippen MR) is 115 cm³/mol. The largest absolute Gasteiger partial charge is 0.354 e. The molecule has 1 aromatic rings.